The maximum atomic E-state index is 5.93. The van der Waals surface area contributed by atoms with Crippen molar-refractivity contribution in [3.8, 4) is 11.5 Å². The third kappa shape index (κ3) is 1.39. The van der Waals surface area contributed by atoms with E-state index in [4.69, 9.17) is 14.2 Å². The van der Waals surface area contributed by atoms with E-state index in [0.717, 1.165) is 35.6 Å². The van der Waals surface area contributed by atoms with Gasteiger partial charge < -0.3 is 14.2 Å². The molecule has 20 heavy (non-hydrogen) atoms. The highest BCUT2D eigenvalue weighted by molar-refractivity contribution is 5.91. The average Bonchev–Trinajstić information content (AvgIpc) is 2.52. The summed E-state index contributed by atoms with van der Waals surface area (Å²) in [5.41, 5.74) is 0. The Labute approximate surface area is 116 Å². The van der Waals surface area contributed by atoms with E-state index in [9.17, 15) is 0 Å². The summed E-state index contributed by atoms with van der Waals surface area (Å²) in [4.78, 5) is 0. The van der Waals surface area contributed by atoms with Crippen LogP contribution in [0.3, 0.4) is 0 Å². The number of methoxy groups -OCH3 is 2. The molecule has 4 rings (SSSR count). The van der Waals surface area contributed by atoms with E-state index in [0.29, 0.717) is 6.73 Å². The first-order valence-corrected chi connectivity index (χ1v) is 6.75. The van der Waals surface area contributed by atoms with Crippen LogP contribution in [-0.2, 0) is 4.74 Å². The van der Waals surface area contributed by atoms with Gasteiger partial charge in [0.1, 0.15) is 5.76 Å². The number of hydrogen-bond acceptors (Lipinski definition) is 3. The molecule has 4 heteroatoms. The number of nitrogens with zero attached hydrogens (tertiary/aromatic N) is 1. The highest BCUT2D eigenvalue weighted by atomic mass is 16.5. The zero-order chi connectivity index (χ0) is 13.7. The van der Waals surface area contributed by atoms with Crippen molar-refractivity contribution in [2.24, 2.45) is 0 Å². The monoisotopic (exact) mass is 270 g/mol. The fourth-order valence-electron chi connectivity index (χ4n) is 3.17. The summed E-state index contributed by atoms with van der Waals surface area (Å²) in [6.07, 6.45) is 0.914. The second kappa shape index (κ2) is 4.13. The first-order valence-electron chi connectivity index (χ1n) is 6.75. The van der Waals surface area contributed by atoms with Crippen molar-refractivity contribution in [1.29, 1.82) is 0 Å². The van der Waals surface area contributed by atoms with Crippen LogP contribution in [0.4, 0.5) is 0 Å². The van der Waals surface area contributed by atoms with E-state index in [2.05, 4.69) is 22.8 Å². The molecule has 0 bridgehead atoms. The van der Waals surface area contributed by atoms with Crippen molar-refractivity contribution in [2.45, 2.75) is 6.42 Å². The fourth-order valence-corrected chi connectivity index (χ4v) is 3.17. The first kappa shape index (κ1) is 11.6. The first-order chi connectivity index (χ1) is 9.83. The zero-order valence-electron chi connectivity index (χ0n) is 11.6. The molecule has 0 aliphatic carbocycles. The van der Waals surface area contributed by atoms with Gasteiger partial charge >= 0.3 is 0 Å². The van der Waals surface area contributed by atoms with E-state index in [1.165, 1.54) is 16.0 Å². The van der Waals surface area contributed by atoms with Gasteiger partial charge in [-0.15, -0.1) is 0 Å². The second-order valence-electron chi connectivity index (χ2n) is 5.07. The third-order valence-corrected chi connectivity index (χ3v) is 4.13. The summed E-state index contributed by atoms with van der Waals surface area (Å²) >= 11 is 0. The van der Waals surface area contributed by atoms with Gasteiger partial charge in [-0.05, 0) is 17.5 Å². The number of hydrogen-bond donors (Lipinski definition) is 0. The standard InChI is InChI=1S/C16H16NO3/c1-18-12-7-8-17-9-20-16-13(19-2)6-4-10-3-5-11(12)15(17)14(10)16/h3-6H,7-9H2,1-2H3/q+1. The van der Waals surface area contributed by atoms with Gasteiger partial charge in [-0.1, -0.05) is 12.1 Å². The molecular weight excluding hydrogens is 254 g/mol. The molecule has 2 heterocycles. The van der Waals surface area contributed by atoms with Crippen LogP contribution in [0.5, 0.6) is 11.5 Å². The molecule has 0 spiro atoms. The zero-order valence-corrected chi connectivity index (χ0v) is 11.6. The summed E-state index contributed by atoms with van der Waals surface area (Å²) in [6.45, 7) is 1.49. The van der Waals surface area contributed by atoms with Gasteiger partial charge in [0.2, 0.25) is 5.36 Å². The molecule has 0 saturated carbocycles. The molecule has 0 saturated heterocycles. The minimum Gasteiger partial charge on any atom is -0.500 e. The Morgan fingerprint density at radius 2 is 1.95 bits per heavy atom. The highest BCUT2D eigenvalue weighted by Crippen LogP contribution is 2.34. The van der Waals surface area contributed by atoms with E-state index in [1.807, 2.05) is 6.07 Å². The van der Waals surface area contributed by atoms with Crippen molar-refractivity contribution < 1.29 is 14.2 Å². The fraction of sp³-hybridized carbons (Fsp3) is 0.312. The molecule has 0 amide bonds. The van der Waals surface area contributed by atoms with E-state index in [1.54, 1.807) is 14.2 Å². The SMILES string of the molecule is COC1=c2ccc3ccc(OC)c4c3c2=[N+](CC1)CO4. The average molecular weight is 270 g/mol. The van der Waals surface area contributed by atoms with Gasteiger partial charge in [0, 0.05) is 0 Å². The van der Waals surface area contributed by atoms with Crippen LogP contribution in [0.15, 0.2) is 24.3 Å². The van der Waals surface area contributed by atoms with Crippen LogP contribution < -0.4 is 24.6 Å². The lowest BCUT2D eigenvalue weighted by Crippen LogP contribution is -2.49. The topological polar surface area (TPSA) is 30.7 Å². The van der Waals surface area contributed by atoms with Crippen LogP contribution in [-0.4, -0.2) is 27.5 Å². The Kier molecular flexibility index (Phi) is 2.39. The van der Waals surface area contributed by atoms with Crippen LogP contribution in [0, 0.1) is 0 Å². The molecule has 2 aromatic rings. The van der Waals surface area contributed by atoms with Crippen LogP contribution in [0.1, 0.15) is 6.42 Å². The summed E-state index contributed by atoms with van der Waals surface area (Å²) in [5.74, 6) is 2.68. The van der Waals surface area contributed by atoms with E-state index < -0.39 is 0 Å². The molecule has 2 aliphatic heterocycles. The van der Waals surface area contributed by atoms with Gasteiger partial charge in [-0.25, -0.2) is 0 Å². The van der Waals surface area contributed by atoms with Gasteiger partial charge in [-0.3, -0.25) is 0 Å². The van der Waals surface area contributed by atoms with Crippen LogP contribution in [0.2, 0.25) is 0 Å². The Balaban J connectivity index is 2.28. The van der Waals surface area contributed by atoms with Crippen LogP contribution in [0.25, 0.3) is 16.5 Å². The van der Waals surface area contributed by atoms with Gasteiger partial charge in [0.15, 0.2) is 18.0 Å². The molecule has 0 aromatic heterocycles. The summed E-state index contributed by atoms with van der Waals surface area (Å²) in [7, 11) is 3.42. The lowest BCUT2D eigenvalue weighted by atomic mass is 10.0. The van der Waals surface area contributed by atoms with Crippen LogP contribution >= 0.6 is 0 Å². The van der Waals surface area contributed by atoms with Gasteiger partial charge in [0.25, 0.3) is 6.73 Å². The molecule has 0 N–H and O–H groups in total. The smallest absolute Gasteiger partial charge is 0.287 e. The maximum Gasteiger partial charge on any atom is 0.287 e. The Bertz CT molecular complexity index is 839. The summed E-state index contributed by atoms with van der Waals surface area (Å²) in [6, 6.07) is 8.30. The summed E-state index contributed by atoms with van der Waals surface area (Å²) in [5, 5.41) is 4.68. The van der Waals surface area contributed by atoms with E-state index in [-0.39, 0.29) is 0 Å². The molecule has 4 nitrogen and oxygen atoms in total. The maximum absolute atomic E-state index is 5.93. The Morgan fingerprint density at radius 3 is 2.75 bits per heavy atom. The van der Waals surface area contributed by atoms with Gasteiger partial charge in [-0.2, -0.15) is 4.58 Å². The number of benzene rings is 2. The number of rotatable bonds is 2. The number of ether oxygens (including phenoxy) is 3. The summed E-state index contributed by atoms with van der Waals surface area (Å²) < 4.78 is 19.2. The predicted octanol–water partition coefficient (Wildman–Crippen LogP) is 0.848. The van der Waals surface area contributed by atoms with Crippen molar-refractivity contribution in [1.82, 2.24) is 4.58 Å². The lowest BCUT2D eigenvalue weighted by molar-refractivity contribution is 0.231. The molecule has 0 atom stereocenters. The molecule has 2 aromatic carbocycles. The Morgan fingerprint density at radius 1 is 1.10 bits per heavy atom. The molecule has 2 aliphatic rings. The molecule has 0 fully saturated rings. The minimum atomic E-state index is 0.566. The minimum absolute atomic E-state index is 0.566. The molecule has 0 unspecified atom stereocenters. The molecule has 102 valence electrons. The third-order valence-electron chi connectivity index (χ3n) is 4.13. The van der Waals surface area contributed by atoms with Crippen molar-refractivity contribution in [3.63, 3.8) is 0 Å². The van der Waals surface area contributed by atoms with Crippen molar-refractivity contribution in [2.75, 3.05) is 27.5 Å². The Hall–Kier alpha value is -2.23. The van der Waals surface area contributed by atoms with Gasteiger partial charge in [0.05, 0.1) is 31.2 Å². The second-order valence-corrected chi connectivity index (χ2v) is 5.07. The highest BCUT2D eigenvalue weighted by Gasteiger charge is 2.27. The molecule has 0 radical (unpaired) electrons. The largest absolute Gasteiger partial charge is 0.500 e. The predicted molar refractivity (Wildman–Crippen MR) is 76.4 cm³/mol. The quantitative estimate of drug-likeness (QED) is 0.758. The lowest BCUT2D eigenvalue weighted by Gasteiger charge is -2.20. The molecular formula is C16H16NO3+. The van der Waals surface area contributed by atoms with Crippen molar-refractivity contribution in [3.05, 3.63) is 34.8 Å². The normalized spacial score (nSPS) is 16.1. The van der Waals surface area contributed by atoms with E-state index >= 15 is 0 Å². The van der Waals surface area contributed by atoms with Crippen molar-refractivity contribution >= 4 is 16.5 Å².